The molecule has 78 valence electrons. The van der Waals surface area contributed by atoms with Crippen molar-refractivity contribution >= 4 is 0 Å². The van der Waals surface area contributed by atoms with Crippen LogP contribution in [0.2, 0.25) is 0 Å². The number of fused-ring (bicyclic) bond motifs is 1. The second-order valence-electron chi connectivity index (χ2n) is 4.66. The molecule has 1 saturated carbocycles. The van der Waals surface area contributed by atoms with E-state index in [9.17, 15) is 0 Å². The van der Waals surface area contributed by atoms with Crippen LogP contribution in [-0.4, -0.2) is 13.2 Å². The van der Waals surface area contributed by atoms with Crippen molar-refractivity contribution in [3.05, 3.63) is 23.3 Å². The molecule has 1 heteroatoms. The van der Waals surface area contributed by atoms with Crippen molar-refractivity contribution in [1.82, 2.24) is 0 Å². The van der Waals surface area contributed by atoms with Gasteiger partial charge in [-0.1, -0.05) is 23.3 Å². The molecular weight excluding hydrogens is 172 g/mol. The van der Waals surface area contributed by atoms with E-state index in [-0.39, 0.29) is 0 Å². The molecule has 0 radical (unpaired) electrons. The van der Waals surface area contributed by atoms with Crippen molar-refractivity contribution in [2.75, 3.05) is 7.11 Å². The van der Waals surface area contributed by atoms with Crippen LogP contribution in [0.15, 0.2) is 23.3 Å². The normalized spacial score (nSPS) is 33.1. The molecule has 2 aliphatic carbocycles. The Morgan fingerprint density at radius 3 is 2.79 bits per heavy atom. The summed E-state index contributed by atoms with van der Waals surface area (Å²) in [5.74, 6) is 0.690. The number of allylic oxidation sites excluding steroid dienone is 2. The second-order valence-corrected chi connectivity index (χ2v) is 4.66. The first-order valence-electron chi connectivity index (χ1n) is 5.61. The minimum atomic E-state index is 0.411. The van der Waals surface area contributed by atoms with Crippen LogP contribution >= 0.6 is 0 Å². The average molecular weight is 192 g/mol. The summed E-state index contributed by atoms with van der Waals surface area (Å²) in [7, 11) is 1.82. The lowest BCUT2D eigenvalue weighted by Crippen LogP contribution is -2.10. The summed E-state index contributed by atoms with van der Waals surface area (Å²) in [5, 5.41) is 0. The zero-order valence-electron chi connectivity index (χ0n) is 9.31. The molecule has 0 spiro atoms. The van der Waals surface area contributed by atoms with Gasteiger partial charge in [-0.3, -0.25) is 0 Å². The van der Waals surface area contributed by atoms with Crippen LogP contribution in [0, 0.1) is 5.92 Å². The van der Waals surface area contributed by atoms with E-state index < -0.39 is 0 Å². The third kappa shape index (κ3) is 1.66. The average Bonchev–Trinajstić information content (AvgIpc) is 2.45. The number of ether oxygens (including phenoxy) is 1. The molecule has 0 aromatic heterocycles. The Hall–Kier alpha value is -0.560. The summed E-state index contributed by atoms with van der Waals surface area (Å²) in [4.78, 5) is 0. The van der Waals surface area contributed by atoms with Gasteiger partial charge >= 0.3 is 0 Å². The maximum atomic E-state index is 5.46. The Kier molecular flexibility index (Phi) is 2.78. The molecule has 14 heavy (non-hydrogen) atoms. The molecular formula is C13H20O. The molecule has 0 aliphatic heterocycles. The maximum absolute atomic E-state index is 5.46. The van der Waals surface area contributed by atoms with E-state index >= 15 is 0 Å². The van der Waals surface area contributed by atoms with E-state index in [1.165, 1.54) is 31.3 Å². The van der Waals surface area contributed by atoms with Crippen molar-refractivity contribution in [2.45, 2.75) is 45.1 Å². The van der Waals surface area contributed by atoms with Crippen molar-refractivity contribution in [2.24, 2.45) is 5.92 Å². The van der Waals surface area contributed by atoms with E-state index in [0.717, 1.165) is 6.42 Å². The van der Waals surface area contributed by atoms with Gasteiger partial charge in [0.25, 0.3) is 0 Å². The Morgan fingerprint density at radius 2 is 2.07 bits per heavy atom. The van der Waals surface area contributed by atoms with Gasteiger partial charge in [-0.05, 0) is 39.0 Å². The lowest BCUT2D eigenvalue weighted by atomic mass is 9.92. The molecule has 0 saturated heterocycles. The van der Waals surface area contributed by atoms with E-state index in [1.807, 2.05) is 7.11 Å². The van der Waals surface area contributed by atoms with Crippen LogP contribution in [0.3, 0.4) is 0 Å². The predicted molar refractivity (Wildman–Crippen MR) is 59.2 cm³/mol. The number of hydrogen-bond donors (Lipinski definition) is 0. The lowest BCUT2D eigenvalue weighted by molar-refractivity contribution is 0.0976. The molecule has 0 bridgehead atoms. The third-order valence-corrected chi connectivity index (χ3v) is 3.83. The Balaban J connectivity index is 2.19. The minimum absolute atomic E-state index is 0.411. The number of rotatable bonds is 1. The molecule has 0 aromatic rings. The fourth-order valence-corrected chi connectivity index (χ4v) is 2.89. The Labute approximate surface area is 86.8 Å². The van der Waals surface area contributed by atoms with Gasteiger partial charge in [-0.15, -0.1) is 0 Å². The molecule has 0 heterocycles. The summed E-state index contributed by atoms with van der Waals surface area (Å²) in [6, 6.07) is 0. The molecule has 1 nitrogen and oxygen atoms in total. The van der Waals surface area contributed by atoms with Crippen LogP contribution in [0.1, 0.15) is 39.0 Å². The summed E-state index contributed by atoms with van der Waals surface area (Å²) in [6.07, 6.45) is 6.48. The minimum Gasteiger partial charge on any atom is -0.381 e. The highest BCUT2D eigenvalue weighted by Gasteiger charge is 2.29. The van der Waals surface area contributed by atoms with Gasteiger partial charge in [0.1, 0.15) is 0 Å². The van der Waals surface area contributed by atoms with Gasteiger partial charge in [-0.25, -0.2) is 0 Å². The first-order valence-corrected chi connectivity index (χ1v) is 5.61. The van der Waals surface area contributed by atoms with Crippen molar-refractivity contribution in [3.63, 3.8) is 0 Å². The summed E-state index contributed by atoms with van der Waals surface area (Å²) >= 11 is 0. The summed E-state index contributed by atoms with van der Waals surface area (Å²) in [5.41, 5.74) is 4.70. The second kappa shape index (κ2) is 3.90. The molecule has 2 rings (SSSR count). The number of hydrogen-bond acceptors (Lipinski definition) is 1. The molecule has 2 atom stereocenters. The van der Waals surface area contributed by atoms with Crippen LogP contribution in [0.5, 0.6) is 0 Å². The van der Waals surface area contributed by atoms with Crippen LogP contribution in [-0.2, 0) is 4.74 Å². The quantitative estimate of drug-likeness (QED) is 0.578. The van der Waals surface area contributed by atoms with Gasteiger partial charge < -0.3 is 4.74 Å². The largest absolute Gasteiger partial charge is 0.381 e. The molecule has 1 fully saturated rings. The van der Waals surface area contributed by atoms with Crippen LogP contribution in [0.25, 0.3) is 0 Å². The molecule has 2 aliphatic rings. The van der Waals surface area contributed by atoms with E-state index in [0.29, 0.717) is 12.0 Å². The van der Waals surface area contributed by atoms with Crippen LogP contribution < -0.4 is 0 Å². The predicted octanol–water partition coefficient (Wildman–Crippen LogP) is 3.47. The van der Waals surface area contributed by atoms with Gasteiger partial charge in [-0.2, -0.15) is 0 Å². The number of methoxy groups -OCH3 is 1. The van der Waals surface area contributed by atoms with E-state index in [4.69, 9.17) is 4.74 Å². The van der Waals surface area contributed by atoms with Crippen molar-refractivity contribution < 1.29 is 4.74 Å². The van der Waals surface area contributed by atoms with Gasteiger partial charge in [0.05, 0.1) is 6.10 Å². The fraction of sp³-hybridized carbons (Fsp3) is 0.692. The lowest BCUT2D eigenvalue weighted by Gasteiger charge is -2.15. The standard InChI is InChI=1S/C13H20O/c1-9-4-6-13-10(2)8-11(14-3)5-7-12(9)13/h11,13H,2,4-8H2,1,3H3. The van der Waals surface area contributed by atoms with E-state index in [2.05, 4.69) is 13.5 Å². The fourth-order valence-electron chi connectivity index (χ4n) is 2.89. The first kappa shape index (κ1) is 9.97. The van der Waals surface area contributed by atoms with Gasteiger partial charge in [0.15, 0.2) is 0 Å². The molecule has 0 N–H and O–H groups in total. The molecule has 0 aromatic carbocycles. The SMILES string of the molecule is C=C1CC(OC)CCC2=C(C)CCC12. The van der Waals surface area contributed by atoms with Crippen molar-refractivity contribution in [3.8, 4) is 0 Å². The topological polar surface area (TPSA) is 9.23 Å². The van der Waals surface area contributed by atoms with Crippen molar-refractivity contribution in [1.29, 1.82) is 0 Å². The highest BCUT2D eigenvalue weighted by Crippen LogP contribution is 2.42. The van der Waals surface area contributed by atoms with E-state index in [1.54, 1.807) is 11.1 Å². The smallest absolute Gasteiger partial charge is 0.0611 e. The monoisotopic (exact) mass is 192 g/mol. The van der Waals surface area contributed by atoms with Crippen LogP contribution in [0.4, 0.5) is 0 Å². The molecule has 2 unspecified atom stereocenters. The zero-order chi connectivity index (χ0) is 10.1. The van der Waals surface area contributed by atoms with Gasteiger partial charge in [0, 0.05) is 13.0 Å². The Morgan fingerprint density at radius 1 is 1.29 bits per heavy atom. The maximum Gasteiger partial charge on any atom is 0.0611 e. The third-order valence-electron chi connectivity index (χ3n) is 3.83. The first-order chi connectivity index (χ1) is 6.72. The highest BCUT2D eigenvalue weighted by atomic mass is 16.5. The summed E-state index contributed by atoms with van der Waals surface area (Å²) < 4.78 is 5.46. The highest BCUT2D eigenvalue weighted by molar-refractivity contribution is 5.30. The zero-order valence-corrected chi connectivity index (χ0v) is 9.31. The Bertz CT molecular complexity index is 275. The van der Waals surface area contributed by atoms with Gasteiger partial charge in [0.2, 0.25) is 0 Å². The molecule has 0 amide bonds. The summed E-state index contributed by atoms with van der Waals surface area (Å²) in [6.45, 7) is 6.52.